The first-order valence-electron chi connectivity index (χ1n) is 6.45. The Morgan fingerprint density at radius 1 is 1.37 bits per heavy atom. The summed E-state index contributed by atoms with van der Waals surface area (Å²) in [6.45, 7) is 7.12. The Morgan fingerprint density at radius 3 is 2.74 bits per heavy atom. The van der Waals surface area contributed by atoms with Crippen molar-refractivity contribution < 1.29 is 4.74 Å². The Labute approximate surface area is 118 Å². The molecular formula is C15H20N2OS. The largest absolute Gasteiger partial charge is 0.496 e. The van der Waals surface area contributed by atoms with Crippen LogP contribution in [0.5, 0.6) is 5.75 Å². The number of benzene rings is 1. The summed E-state index contributed by atoms with van der Waals surface area (Å²) in [6, 6.07) is 6.34. The Balaban J connectivity index is 2.46. The van der Waals surface area contributed by atoms with Gasteiger partial charge in [0.2, 0.25) is 0 Å². The molecule has 0 aliphatic rings. The molecule has 1 atom stereocenters. The van der Waals surface area contributed by atoms with Crippen LogP contribution in [-0.2, 0) is 0 Å². The molecule has 19 heavy (non-hydrogen) atoms. The number of nitrogens with zero attached hydrogens (tertiary/aromatic N) is 1. The summed E-state index contributed by atoms with van der Waals surface area (Å²) in [5.74, 6) is 0.905. The summed E-state index contributed by atoms with van der Waals surface area (Å²) in [5, 5.41) is 6.70. The molecule has 0 aliphatic carbocycles. The average molecular weight is 276 g/mol. The van der Waals surface area contributed by atoms with E-state index in [-0.39, 0.29) is 6.04 Å². The van der Waals surface area contributed by atoms with Gasteiger partial charge in [-0.25, -0.2) is 4.98 Å². The Kier molecular flexibility index (Phi) is 4.56. The van der Waals surface area contributed by atoms with Crippen molar-refractivity contribution in [1.82, 2.24) is 10.3 Å². The fraction of sp³-hybridized carbons (Fsp3) is 0.400. The summed E-state index contributed by atoms with van der Waals surface area (Å²) in [7, 11) is 1.71. The second-order valence-corrected chi connectivity index (χ2v) is 5.59. The van der Waals surface area contributed by atoms with Gasteiger partial charge in [-0.05, 0) is 26.5 Å². The van der Waals surface area contributed by atoms with Crippen LogP contribution >= 0.6 is 11.3 Å². The van der Waals surface area contributed by atoms with Crippen molar-refractivity contribution in [1.29, 1.82) is 0 Å². The monoisotopic (exact) mass is 276 g/mol. The van der Waals surface area contributed by atoms with Gasteiger partial charge in [0.1, 0.15) is 5.75 Å². The molecule has 0 bridgehead atoms. The quantitative estimate of drug-likeness (QED) is 0.908. The lowest BCUT2D eigenvalue weighted by molar-refractivity contribution is 0.403. The van der Waals surface area contributed by atoms with Gasteiger partial charge in [0.25, 0.3) is 0 Å². The normalized spacial score (nSPS) is 12.4. The number of thiazole rings is 1. The highest BCUT2D eigenvalue weighted by Gasteiger charge is 2.19. The van der Waals surface area contributed by atoms with E-state index in [4.69, 9.17) is 4.74 Å². The van der Waals surface area contributed by atoms with E-state index in [1.54, 1.807) is 18.4 Å². The van der Waals surface area contributed by atoms with Crippen LogP contribution < -0.4 is 10.1 Å². The molecule has 1 N–H and O–H groups in total. The van der Waals surface area contributed by atoms with Crippen molar-refractivity contribution in [3.8, 4) is 5.75 Å². The summed E-state index contributed by atoms with van der Waals surface area (Å²) in [6.07, 6.45) is 0. The molecule has 1 unspecified atom stereocenters. The van der Waals surface area contributed by atoms with Gasteiger partial charge >= 0.3 is 0 Å². The lowest BCUT2D eigenvalue weighted by Crippen LogP contribution is -2.23. The Bertz CT molecular complexity index is 551. The van der Waals surface area contributed by atoms with Crippen LogP contribution in [0.1, 0.15) is 34.8 Å². The molecule has 0 fully saturated rings. The minimum absolute atomic E-state index is 0.0878. The highest BCUT2D eigenvalue weighted by molar-refractivity contribution is 7.09. The van der Waals surface area contributed by atoms with Gasteiger partial charge in [-0.15, -0.1) is 11.3 Å². The summed E-state index contributed by atoms with van der Waals surface area (Å²) in [5.41, 5.74) is 3.44. The van der Waals surface area contributed by atoms with E-state index in [1.807, 2.05) is 13.0 Å². The SMILES string of the molecule is CCNC(c1csc(C)n1)c1cc(C)ccc1OC. The van der Waals surface area contributed by atoms with Crippen molar-refractivity contribution in [2.75, 3.05) is 13.7 Å². The predicted molar refractivity (Wildman–Crippen MR) is 80.1 cm³/mol. The van der Waals surface area contributed by atoms with E-state index in [0.717, 1.165) is 28.6 Å². The van der Waals surface area contributed by atoms with Crippen LogP contribution in [0.4, 0.5) is 0 Å². The molecule has 3 nitrogen and oxygen atoms in total. The van der Waals surface area contributed by atoms with E-state index in [1.165, 1.54) is 5.56 Å². The molecule has 1 aromatic heterocycles. The van der Waals surface area contributed by atoms with Crippen molar-refractivity contribution in [2.24, 2.45) is 0 Å². The van der Waals surface area contributed by atoms with E-state index < -0.39 is 0 Å². The number of hydrogen-bond donors (Lipinski definition) is 1. The van der Waals surface area contributed by atoms with Crippen LogP contribution in [0.2, 0.25) is 0 Å². The minimum atomic E-state index is 0.0878. The molecule has 102 valence electrons. The van der Waals surface area contributed by atoms with Gasteiger partial charge in [-0.1, -0.05) is 24.6 Å². The highest BCUT2D eigenvalue weighted by atomic mass is 32.1. The predicted octanol–water partition coefficient (Wildman–Crippen LogP) is 3.47. The maximum Gasteiger partial charge on any atom is 0.124 e. The molecule has 2 rings (SSSR count). The first-order valence-corrected chi connectivity index (χ1v) is 7.33. The summed E-state index contributed by atoms with van der Waals surface area (Å²) < 4.78 is 5.49. The topological polar surface area (TPSA) is 34.2 Å². The third kappa shape index (κ3) is 3.14. The second-order valence-electron chi connectivity index (χ2n) is 4.53. The maximum atomic E-state index is 5.49. The maximum absolute atomic E-state index is 5.49. The molecule has 1 aromatic carbocycles. The van der Waals surface area contributed by atoms with E-state index >= 15 is 0 Å². The number of aromatic nitrogens is 1. The van der Waals surface area contributed by atoms with Gasteiger partial charge < -0.3 is 10.1 Å². The third-order valence-corrected chi connectivity index (χ3v) is 3.83. The lowest BCUT2D eigenvalue weighted by atomic mass is 10.0. The second kappa shape index (κ2) is 6.17. The van der Waals surface area contributed by atoms with Crippen LogP contribution in [-0.4, -0.2) is 18.6 Å². The fourth-order valence-electron chi connectivity index (χ4n) is 2.17. The molecule has 0 saturated heterocycles. The Morgan fingerprint density at radius 2 is 2.16 bits per heavy atom. The zero-order valence-corrected chi connectivity index (χ0v) is 12.7. The first kappa shape index (κ1) is 14.0. The smallest absolute Gasteiger partial charge is 0.124 e. The fourth-order valence-corrected chi connectivity index (χ4v) is 2.81. The van der Waals surface area contributed by atoms with Crippen molar-refractivity contribution >= 4 is 11.3 Å². The number of methoxy groups -OCH3 is 1. The standard InChI is InChI=1S/C15H20N2OS/c1-5-16-15(13-9-19-11(3)17-13)12-8-10(2)6-7-14(12)18-4/h6-9,15-16H,5H2,1-4H3. The molecule has 4 heteroatoms. The van der Waals surface area contributed by atoms with Crippen LogP contribution in [0.25, 0.3) is 0 Å². The van der Waals surface area contributed by atoms with Crippen molar-refractivity contribution in [2.45, 2.75) is 26.8 Å². The highest BCUT2D eigenvalue weighted by Crippen LogP contribution is 2.31. The number of ether oxygens (including phenoxy) is 1. The van der Waals surface area contributed by atoms with Crippen molar-refractivity contribution in [3.63, 3.8) is 0 Å². The van der Waals surface area contributed by atoms with Gasteiger partial charge in [-0.2, -0.15) is 0 Å². The molecule has 0 spiro atoms. The molecular weight excluding hydrogens is 256 g/mol. The van der Waals surface area contributed by atoms with Gasteiger partial charge in [0.05, 0.1) is 23.9 Å². The van der Waals surface area contributed by atoms with Gasteiger partial charge in [0.15, 0.2) is 0 Å². The lowest BCUT2D eigenvalue weighted by Gasteiger charge is -2.19. The number of hydrogen-bond acceptors (Lipinski definition) is 4. The molecule has 2 aromatic rings. The first-order chi connectivity index (χ1) is 9.15. The van der Waals surface area contributed by atoms with E-state index in [0.29, 0.717) is 0 Å². The van der Waals surface area contributed by atoms with Crippen LogP contribution in [0.15, 0.2) is 23.6 Å². The zero-order valence-electron chi connectivity index (χ0n) is 11.9. The molecule has 0 saturated carbocycles. The molecule has 1 heterocycles. The Hall–Kier alpha value is -1.39. The molecule has 0 radical (unpaired) electrons. The van der Waals surface area contributed by atoms with E-state index in [9.17, 15) is 0 Å². The average Bonchev–Trinajstić information content (AvgIpc) is 2.82. The molecule has 0 amide bonds. The number of rotatable bonds is 5. The zero-order chi connectivity index (χ0) is 13.8. The summed E-state index contributed by atoms with van der Waals surface area (Å²) >= 11 is 1.68. The number of aryl methyl sites for hydroxylation is 2. The van der Waals surface area contributed by atoms with Gasteiger partial charge in [0, 0.05) is 10.9 Å². The van der Waals surface area contributed by atoms with Crippen molar-refractivity contribution in [3.05, 3.63) is 45.4 Å². The third-order valence-electron chi connectivity index (χ3n) is 3.04. The number of nitrogens with one attached hydrogen (secondary N) is 1. The summed E-state index contributed by atoms with van der Waals surface area (Å²) in [4.78, 5) is 4.61. The molecule has 0 aliphatic heterocycles. The van der Waals surface area contributed by atoms with Crippen LogP contribution in [0, 0.1) is 13.8 Å². The van der Waals surface area contributed by atoms with Gasteiger partial charge in [-0.3, -0.25) is 0 Å². The van der Waals surface area contributed by atoms with E-state index in [2.05, 4.69) is 41.7 Å². The van der Waals surface area contributed by atoms with Crippen LogP contribution in [0.3, 0.4) is 0 Å². The minimum Gasteiger partial charge on any atom is -0.496 e.